The van der Waals surface area contributed by atoms with Gasteiger partial charge in [0.1, 0.15) is 6.54 Å². The molecular formula is C16H26F3N3O2. The quantitative estimate of drug-likeness (QED) is 0.823. The summed E-state index contributed by atoms with van der Waals surface area (Å²) in [6.45, 7) is 2.08. The van der Waals surface area contributed by atoms with Crippen molar-refractivity contribution in [2.24, 2.45) is 5.92 Å². The molecule has 1 N–H and O–H groups in total. The minimum absolute atomic E-state index is 0.00855. The Labute approximate surface area is 140 Å². The van der Waals surface area contributed by atoms with E-state index in [4.69, 9.17) is 0 Å². The fourth-order valence-corrected chi connectivity index (χ4v) is 3.50. The van der Waals surface area contributed by atoms with E-state index in [0.29, 0.717) is 25.8 Å². The van der Waals surface area contributed by atoms with Crippen LogP contribution in [0.2, 0.25) is 0 Å². The molecule has 0 aromatic heterocycles. The highest BCUT2D eigenvalue weighted by Gasteiger charge is 2.36. The van der Waals surface area contributed by atoms with Crippen molar-refractivity contribution in [3.05, 3.63) is 0 Å². The number of nitrogens with zero attached hydrogens (tertiary/aromatic N) is 2. The molecule has 2 atom stereocenters. The first kappa shape index (κ1) is 19.0. The zero-order valence-electron chi connectivity index (χ0n) is 14.1. The number of rotatable bonds is 5. The van der Waals surface area contributed by atoms with E-state index in [1.165, 1.54) is 0 Å². The van der Waals surface area contributed by atoms with Gasteiger partial charge in [-0.3, -0.25) is 9.59 Å². The maximum atomic E-state index is 12.6. The van der Waals surface area contributed by atoms with Crippen molar-refractivity contribution >= 4 is 11.8 Å². The molecule has 2 saturated heterocycles. The highest BCUT2D eigenvalue weighted by molar-refractivity contribution is 5.81. The molecule has 2 aliphatic heterocycles. The van der Waals surface area contributed by atoms with Gasteiger partial charge in [-0.2, -0.15) is 13.2 Å². The van der Waals surface area contributed by atoms with E-state index in [1.807, 2.05) is 0 Å². The van der Waals surface area contributed by atoms with Crippen LogP contribution in [0.5, 0.6) is 0 Å². The summed E-state index contributed by atoms with van der Waals surface area (Å²) in [7, 11) is 0. The van der Waals surface area contributed by atoms with Gasteiger partial charge in [-0.1, -0.05) is 0 Å². The number of amides is 2. The fourth-order valence-electron chi connectivity index (χ4n) is 3.50. The van der Waals surface area contributed by atoms with E-state index in [2.05, 4.69) is 5.32 Å². The standard InChI is InChI=1S/C16H26F3N3O2/c1-2-21(11-16(17,18)19)15(24)12-5-4-8-22(10-12)14(23)9-13-6-3-7-20-13/h12-13,20H,2-11H2,1H3. The Bertz CT molecular complexity index is 450. The molecule has 0 aromatic rings. The first-order valence-electron chi connectivity index (χ1n) is 8.67. The molecule has 0 aliphatic carbocycles. The number of hydrogen-bond acceptors (Lipinski definition) is 3. The number of carbonyl (C=O) groups excluding carboxylic acids is 2. The molecule has 0 aromatic carbocycles. The highest BCUT2D eigenvalue weighted by atomic mass is 19.4. The monoisotopic (exact) mass is 349 g/mol. The lowest BCUT2D eigenvalue weighted by atomic mass is 9.95. The van der Waals surface area contributed by atoms with Crippen LogP contribution in [0.1, 0.15) is 39.0 Å². The average molecular weight is 349 g/mol. The Kier molecular flexibility index (Phi) is 6.48. The van der Waals surface area contributed by atoms with Gasteiger partial charge in [-0.05, 0) is 39.2 Å². The summed E-state index contributed by atoms with van der Waals surface area (Å²) < 4.78 is 37.8. The van der Waals surface area contributed by atoms with Crippen molar-refractivity contribution in [2.75, 3.05) is 32.7 Å². The van der Waals surface area contributed by atoms with Crippen LogP contribution >= 0.6 is 0 Å². The van der Waals surface area contributed by atoms with Gasteiger partial charge in [0, 0.05) is 32.1 Å². The van der Waals surface area contributed by atoms with E-state index in [1.54, 1.807) is 11.8 Å². The van der Waals surface area contributed by atoms with Gasteiger partial charge in [-0.25, -0.2) is 0 Å². The topological polar surface area (TPSA) is 52.7 Å². The van der Waals surface area contributed by atoms with Gasteiger partial charge in [-0.15, -0.1) is 0 Å². The third-order valence-electron chi connectivity index (χ3n) is 4.77. The van der Waals surface area contributed by atoms with E-state index in [0.717, 1.165) is 24.3 Å². The van der Waals surface area contributed by atoms with Gasteiger partial charge < -0.3 is 15.1 Å². The molecule has 2 unspecified atom stereocenters. The molecule has 2 heterocycles. The molecule has 24 heavy (non-hydrogen) atoms. The maximum absolute atomic E-state index is 12.6. The van der Waals surface area contributed by atoms with Crippen LogP contribution in [-0.4, -0.2) is 66.6 Å². The van der Waals surface area contributed by atoms with Crippen LogP contribution in [0.4, 0.5) is 13.2 Å². The van der Waals surface area contributed by atoms with Gasteiger partial charge in [0.15, 0.2) is 0 Å². The normalized spacial score (nSPS) is 24.9. The van der Waals surface area contributed by atoms with Gasteiger partial charge >= 0.3 is 6.18 Å². The molecular weight excluding hydrogens is 323 g/mol. The average Bonchev–Trinajstić information content (AvgIpc) is 3.04. The molecule has 2 rings (SSSR count). The number of nitrogens with one attached hydrogen (secondary N) is 1. The van der Waals surface area contributed by atoms with Crippen LogP contribution in [0.15, 0.2) is 0 Å². The lowest BCUT2D eigenvalue weighted by Crippen LogP contribution is -2.49. The Morgan fingerprint density at radius 1 is 1.25 bits per heavy atom. The lowest BCUT2D eigenvalue weighted by molar-refractivity contribution is -0.164. The van der Waals surface area contributed by atoms with E-state index in [-0.39, 0.29) is 25.0 Å². The molecule has 0 bridgehead atoms. The van der Waals surface area contributed by atoms with E-state index >= 15 is 0 Å². The number of carbonyl (C=O) groups is 2. The lowest BCUT2D eigenvalue weighted by Gasteiger charge is -2.35. The summed E-state index contributed by atoms with van der Waals surface area (Å²) in [5.74, 6) is -1.03. The Hall–Kier alpha value is -1.31. The second kappa shape index (κ2) is 8.18. The SMILES string of the molecule is CCN(CC(F)(F)F)C(=O)C1CCCN(C(=O)CC2CCCN2)C1. The Morgan fingerprint density at radius 2 is 2.00 bits per heavy atom. The smallest absolute Gasteiger partial charge is 0.342 e. The number of likely N-dealkylation sites (tertiary alicyclic amines) is 1. The minimum atomic E-state index is -4.40. The van der Waals surface area contributed by atoms with Crippen molar-refractivity contribution < 1.29 is 22.8 Å². The highest BCUT2D eigenvalue weighted by Crippen LogP contribution is 2.23. The molecule has 0 radical (unpaired) electrons. The minimum Gasteiger partial charge on any atom is -0.342 e. The summed E-state index contributed by atoms with van der Waals surface area (Å²) in [6.07, 6.45) is -0.771. The summed E-state index contributed by atoms with van der Waals surface area (Å²) in [5.41, 5.74) is 0. The molecule has 138 valence electrons. The molecule has 0 saturated carbocycles. The number of piperidine rings is 1. The van der Waals surface area contributed by atoms with Crippen molar-refractivity contribution in [3.8, 4) is 0 Å². The summed E-state index contributed by atoms with van der Waals surface area (Å²) in [5, 5.41) is 3.27. The molecule has 8 heteroatoms. The first-order chi connectivity index (χ1) is 11.3. The predicted molar refractivity (Wildman–Crippen MR) is 83.3 cm³/mol. The second-order valence-corrected chi connectivity index (χ2v) is 6.64. The van der Waals surface area contributed by atoms with E-state index in [9.17, 15) is 22.8 Å². The third kappa shape index (κ3) is 5.36. The van der Waals surface area contributed by atoms with Crippen LogP contribution in [0, 0.1) is 5.92 Å². The van der Waals surface area contributed by atoms with Crippen molar-refractivity contribution in [2.45, 2.75) is 51.2 Å². The van der Waals surface area contributed by atoms with Gasteiger partial charge in [0.2, 0.25) is 11.8 Å². The number of halogens is 3. The van der Waals surface area contributed by atoms with Crippen LogP contribution in [-0.2, 0) is 9.59 Å². The van der Waals surface area contributed by atoms with Crippen molar-refractivity contribution in [1.29, 1.82) is 0 Å². The van der Waals surface area contributed by atoms with Crippen LogP contribution < -0.4 is 5.32 Å². The summed E-state index contributed by atoms with van der Waals surface area (Å²) in [6, 6.07) is 0.186. The van der Waals surface area contributed by atoms with Crippen molar-refractivity contribution in [1.82, 2.24) is 15.1 Å². The van der Waals surface area contributed by atoms with Crippen LogP contribution in [0.3, 0.4) is 0 Å². The largest absolute Gasteiger partial charge is 0.406 e. The zero-order chi connectivity index (χ0) is 17.7. The number of hydrogen-bond donors (Lipinski definition) is 1. The predicted octanol–water partition coefficient (Wildman–Crippen LogP) is 1.78. The Balaban J connectivity index is 1.90. The zero-order valence-corrected chi connectivity index (χ0v) is 14.1. The van der Waals surface area contributed by atoms with E-state index < -0.39 is 24.5 Å². The second-order valence-electron chi connectivity index (χ2n) is 6.64. The molecule has 2 amide bonds. The Morgan fingerprint density at radius 3 is 2.58 bits per heavy atom. The summed E-state index contributed by atoms with van der Waals surface area (Å²) in [4.78, 5) is 27.3. The third-order valence-corrected chi connectivity index (χ3v) is 4.77. The molecule has 0 spiro atoms. The first-order valence-corrected chi connectivity index (χ1v) is 8.67. The maximum Gasteiger partial charge on any atom is 0.406 e. The molecule has 5 nitrogen and oxygen atoms in total. The fraction of sp³-hybridized carbons (Fsp3) is 0.875. The van der Waals surface area contributed by atoms with Crippen molar-refractivity contribution in [3.63, 3.8) is 0 Å². The van der Waals surface area contributed by atoms with Crippen LogP contribution in [0.25, 0.3) is 0 Å². The van der Waals surface area contributed by atoms with Gasteiger partial charge in [0.25, 0.3) is 0 Å². The molecule has 2 fully saturated rings. The molecule has 2 aliphatic rings. The number of alkyl halides is 3. The van der Waals surface area contributed by atoms with Gasteiger partial charge in [0.05, 0.1) is 5.92 Å². The summed E-state index contributed by atoms with van der Waals surface area (Å²) >= 11 is 0.